The Hall–Kier alpha value is -1.88. The van der Waals surface area contributed by atoms with Crippen LogP contribution in [-0.4, -0.2) is 53.8 Å². The molecule has 0 aromatic heterocycles. The van der Waals surface area contributed by atoms with Crippen LogP contribution >= 0.6 is 0 Å². The van der Waals surface area contributed by atoms with Crippen LogP contribution in [0, 0.1) is 0 Å². The molecule has 0 saturated carbocycles. The lowest BCUT2D eigenvalue weighted by Crippen LogP contribution is -2.54. The largest absolute Gasteiger partial charge is 0.348 e. The molecule has 2 amide bonds. The van der Waals surface area contributed by atoms with E-state index < -0.39 is 0 Å². The van der Waals surface area contributed by atoms with Crippen LogP contribution in [0.1, 0.15) is 45.2 Å². The molecule has 0 aliphatic carbocycles. The quantitative estimate of drug-likeness (QED) is 0.869. The molecule has 1 N–H and O–H groups in total. The third-order valence-corrected chi connectivity index (χ3v) is 4.78. The molecule has 0 radical (unpaired) electrons. The zero-order valence-electron chi connectivity index (χ0n) is 15.0. The molecule has 1 saturated heterocycles. The van der Waals surface area contributed by atoms with Gasteiger partial charge in [-0.25, -0.2) is 0 Å². The van der Waals surface area contributed by atoms with Crippen molar-refractivity contribution in [3.05, 3.63) is 35.9 Å². The Labute approximate surface area is 145 Å². The van der Waals surface area contributed by atoms with Crippen molar-refractivity contribution < 1.29 is 9.59 Å². The second kappa shape index (κ2) is 8.83. The number of benzene rings is 1. The van der Waals surface area contributed by atoms with E-state index in [1.54, 1.807) is 6.92 Å². The monoisotopic (exact) mass is 331 g/mol. The highest BCUT2D eigenvalue weighted by atomic mass is 16.2. The van der Waals surface area contributed by atoms with Crippen molar-refractivity contribution >= 4 is 11.8 Å². The van der Waals surface area contributed by atoms with Crippen molar-refractivity contribution in [1.29, 1.82) is 0 Å². The first kappa shape index (κ1) is 18.5. The molecule has 5 heteroatoms. The lowest BCUT2D eigenvalue weighted by Gasteiger charge is -2.37. The van der Waals surface area contributed by atoms with Crippen LogP contribution in [-0.2, 0) is 9.59 Å². The Balaban J connectivity index is 1.93. The average molecular weight is 331 g/mol. The summed E-state index contributed by atoms with van der Waals surface area (Å²) in [7, 11) is 0. The Morgan fingerprint density at radius 2 is 1.75 bits per heavy atom. The molecule has 0 bridgehead atoms. The van der Waals surface area contributed by atoms with Gasteiger partial charge in [-0.3, -0.25) is 14.5 Å². The van der Waals surface area contributed by atoms with E-state index in [9.17, 15) is 9.59 Å². The highest BCUT2D eigenvalue weighted by Crippen LogP contribution is 2.19. The molecule has 1 aromatic carbocycles. The topological polar surface area (TPSA) is 52.7 Å². The van der Waals surface area contributed by atoms with E-state index in [2.05, 4.69) is 29.3 Å². The van der Waals surface area contributed by atoms with Gasteiger partial charge in [0, 0.05) is 33.1 Å². The maximum absolute atomic E-state index is 12.7. The molecule has 1 aliphatic heterocycles. The number of rotatable bonds is 6. The summed E-state index contributed by atoms with van der Waals surface area (Å²) in [5, 5.41) is 3.20. The van der Waals surface area contributed by atoms with E-state index in [0.29, 0.717) is 13.1 Å². The van der Waals surface area contributed by atoms with Crippen LogP contribution in [0.3, 0.4) is 0 Å². The fraction of sp³-hybridized carbons (Fsp3) is 0.579. The highest BCUT2D eigenvalue weighted by Gasteiger charge is 2.27. The minimum atomic E-state index is -0.179. The molecule has 1 aliphatic rings. The second-order valence-corrected chi connectivity index (χ2v) is 6.48. The molecule has 132 valence electrons. The van der Waals surface area contributed by atoms with Crippen molar-refractivity contribution in [2.24, 2.45) is 0 Å². The van der Waals surface area contributed by atoms with Crippen LogP contribution in [0.15, 0.2) is 30.3 Å². The summed E-state index contributed by atoms with van der Waals surface area (Å²) in [5.41, 5.74) is 1.15. The van der Waals surface area contributed by atoms with Gasteiger partial charge in [0.15, 0.2) is 0 Å². The lowest BCUT2D eigenvalue weighted by atomic mass is 10.0. The van der Waals surface area contributed by atoms with Gasteiger partial charge in [-0.15, -0.1) is 0 Å². The Bertz CT molecular complexity index is 539. The maximum Gasteiger partial charge on any atom is 0.237 e. The molecule has 1 heterocycles. The fourth-order valence-corrected chi connectivity index (χ4v) is 3.18. The first-order valence-electron chi connectivity index (χ1n) is 8.87. The second-order valence-electron chi connectivity index (χ2n) is 6.48. The molecule has 1 aromatic rings. The van der Waals surface area contributed by atoms with E-state index in [4.69, 9.17) is 0 Å². The summed E-state index contributed by atoms with van der Waals surface area (Å²) in [5.74, 6) is 0.174. The number of carbonyl (C=O) groups is 2. The van der Waals surface area contributed by atoms with Gasteiger partial charge in [-0.1, -0.05) is 43.7 Å². The predicted molar refractivity (Wildman–Crippen MR) is 95.5 cm³/mol. The number of nitrogens with one attached hydrogen (secondary N) is 1. The zero-order chi connectivity index (χ0) is 17.5. The van der Waals surface area contributed by atoms with Gasteiger partial charge in [0.1, 0.15) is 0 Å². The summed E-state index contributed by atoms with van der Waals surface area (Å²) in [6.07, 6.45) is 1.95. The Kier molecular flexibility index (Phi) is 6.79. The van der Waals surface area contributed by atoms with Gasteiger partial charge in [0.25, 0.3) is 0 Å². The minimum Gasteiger partial charge on any atom is -0.348 e. The number of nitrogens with zero attached hydrogens (tertiary/aromatic N) is 2. The standard InChI is InChI=1S/C19H29N3O2/c1-4-8-18(17-9-6-5-7-10-17)20-19(24)15(2)21-11-13-22(14-12-21)16(3)23/h5-7,9-10,15,18H,4,8,11-14H2,1-3H3,(H,20,24). The highest BCUT2D eigenvalue weighted by molar-refractivity contribution is 5.81. The van der Waals surface area contributed by atoms with Crippen LogP contribution < -0.4 is 5.32 Å². The molecule has 2 unspecified atom stereocenters. The van der Waals surface area contributed by atoms with Crippen LogP contribution in [0.4, 0.5) is 0 Å². The van der Waals surface area contributed by atoms with Gasteiger partial charge in [0.2, 0.25) is 11.8 Å². The van der Waals surface area contributed by atoms with Gasteiger partial charge in [-0.2, -0.15) is 0 Å². The first-order valence-corrected chi connectivity index (χ1v) is 8.87. The van der Waals surface area contributed by atoms with Gasteiger partial charge in [-0.05, 0) is 18.9 Å². The molecule has 1 fully saturated rings. The molecule has 0 spiro atoms. The minimum absolute atomic E-state index is 0.0599. The van der Waals surface area contributed by atoms with E-state index in [1.807, 2.05) is 30.0 Å². The Morgan fingerprint density at radius 1 is 1.12 bits per heavy atom. The van der Waals surface area contributed by atoms with Crippen LogP contribution in [0.5, 0.6) is 0 Å². The number of hydrogen-bond acceptors (Lipinski definition) is 3. The predicted octanol–water partition coefficient (Wildman–Crippen LogP) is 2.20. The third kappa shape index (κ3) is 4.81. The third-order valence-electron chi connectivity index (χ3n) is 4.78. The molecular formula is C19H29N3O2. The van der Waals surface area contributed by atoms with Crippen molar-refractivity contribution in [1.82, 2.24) is 15.1 Å². The average Bonchev–Trinajstić information content (AvgIpc) is 2.61. The number of hydrogen-bond donors (Lipinski definition) is 1. The summed E-state index contributed by atoms with van der Waals surface area (Å²) in [6.45, 7) is 8.57. The van der Waals surface area contributed by atoms with Gasteiger partial charge < -0.3 is 10.2 Å². The Morgan fingerprint density at radius 3 is 2.29 bits per heavy atom. The van der Waals surface area contributed by atoms with Crippen molar-refractivity contribution in [3.8, 4) is 0 Å². The molecule has 24 heavy (non-hydrogen) atoms. The molecular weight excluding hydrogens is 302 g/mol. The van der Waals surface area contributed by atoms with Crippen molar-refractivity contribution in [2.75, 3.05) is 26.2 Å². The fourth-order valence-electron chi connectivity index (χ4n) is 3.18. The van der Waals surface area contributed by atoms with Crippen molar-refractivity contribution in [3.63, 3.8) is 0 Å². The van der Waals surface area contributed by atoms with Gasteiger partial charge >= 0.3 is 0 Å². The van der Waals surface area contributed by atoms with Crippen molar-refractivity contribution in [2.45, 2.75) is 45.7 Å². The van der Waals surface area contributed by atoms with Gasteiger partial charge in [0.05, 0.1) is 12.1 Å². The maximum atomic E-state index is 12.7. The van der Waals surface area contributed by atoms with Crippen LogP contribution in [0.2, 0.25) is 0 Å². The summed E-state index contributed by atoms with van der Waals surface area (Å²) >= 11 is 0. The molecule has 2 atom stereocenters. The first-order chi connectivity index (χ1) is 11.5. The molecule has 5 nitrogen and oxygen atoms in total. The lowest BCUT2D eigenvalue weighted by molar-refractivity contribution is -0.132. The summed E-state index contributed by atoms with van der Waals surface area (Å²) in [6, 6.07) is 10.0. The SMILES string of the molecule is CCCC(NC(=O)C(C)N1CCN(C(C)=O)CC1)c1ccccc1. The number of carbonyl (C=O) groups excluding carboxylic acids is 2. The summed E-state index contributed by atoms with van der Waals surface area (Å²) in [4.78, 5) is 28.1. The van der Waals surface area contributed by atoms with E-state index in [1.165, 1.54) is 0 Å². The van der Waals surface area contributed by atoms with E-state index in [-0.39, 0.29) is 23.9 Å². The summed E-state index contributed by atoms with van der Waals surface area (Å²) < 4.78 is 0. The zero-order valence-corrected chi connectivity index (χ0v) is 15.0. The number of amides is 2. The smallest absolute Gasteiger partial charge is 0.237 e. The van der Waals surface area contributed by atoms with E-state index in [0.717, 1.165) is 31.5 Å². The normalized spacial score (nSPS) is 18.0. The number of piperazine rings is 1. The van der Waals surface area contributed by atoms with E-state index >= 15 is 0 Å². The van der Waals surface area contributed by atoms with Crippen LogP contribution in [0.25, 0.3) is 0 Å². The molecule has 2 rings (SSSR count).